The highest BCUT2D eigenvalue weighted by Crippen LogP contribution is 2.26. The lowest BCUT2D eigenvalue weighted by atomic mass is 9.89. The molecular formula is C19H27NO. The van der Waals surface area contributed by atoms with Crippen LogP contribution in [0.4, 0.5) is 0 Å². The number of ether oxygens (including phenoxy) is 1. The monoisotopic (exact) mass is 285 g/mol. The first-order chi connectivity index (χ1) is 10.3. The Morgan fingerprint density at radius 3 is 2.95 bits per heavy atom. The van der Waals surface area contributed by atoms with E-state index in [2.05, 4.69) is 42.3 Å². The fraction of sp³-hybridized carbons (Fsp3) is 0.579. The molecule has 1 saturated carbocycles. The minimum atomic E-state index is 0.837. The van der Waals surface area contributed by atoms with Gasteiger partial charge in [-0.05, 0) is 43.0 Å². The molecule has 2 aliphatic rings. The molecule has 3 rings (SSSR count). The van der Waals surface area contributed by atoms with E-state index in [0.717, 1.165) is 37.8 Å². The number of fused-ring (bicyclic) bond motifs is 1. The van der Waals surface area contributed by atoms with E-state index in [-0.39, 0.29) is 0 Å². The molecule has 2 nitrogen and oxygen atoms in total. The lowest BCUT2D eigenvalue weighted by Crippen LogP contribution is -2.18. The highest BCUT2D eigenvalue weighted by Gasteiger charge is 2.12. The van der Waals surface area contributed by atoms with Crippen LogP contribution in [0.25, 0.3) is 0 Å². The van der Waals surface area contributed by atoms with Crippen LogP contribution in [-0.4, -0.2) is 25.1 Å². The summed E-state index contributed by atoms with van der Waals surface area (Å²) in [6.07, 6.45) is 12.9. The van der Waals surface area contributed by atoms with Crippen LogP contribution in [-0.2, 0) is 13.0 Å². The third-order valence-electron chi connectivity index (χ3n) is 4.68. The number of allylic oxidation sites excluding steroid dienone is 1. The highest BCUT2D eigenvalue weighted by atomic mass is 16.5. The number of likely N-dealkylation sites (N-methyl/N-ethyl adjacent to an activating group) is 1. The molecule has 1 aromatic rings. The lowest BCUT2D eigenvalue weighted by molar-refractivity contribution is 0.355. The summed E-state index contributed by atoms with van der Waals surface area (Å²) in [5.41, 5.74) is 2.77. The number of nitrogens with zero attached hydrogens (tertiary/aromatic N) is 1. The zero-order chi connectivity index (χ0) is 14.5. The molecule has 0 radical (unpaired) electrons. The van der Waals surface area contributed by atoms with E-state index in [1.165, 1.54) is 43.2 Å². The molecule has 2 heteroatoms. The van der Waals surface area contributed by atoms with Crippen molar-refractivity contribution in [3.63, 3.8) is 0 Å². The summed E-state index contributed by atoms with van der Waals surface area (Å²) >= 11 is 0. The van der Waals surface area contributed by atoms with Crippen LogP contribution in [0.5, 0.6) is 5.75 Å². The minimum absolute atomic E-state index is 0.837. The highest BCUT2D eigenvalue weighted by molar-refractivity contribution is 5.39. The molecule has 0 spiro atoms. The fourth-order valence-corrected chi connectivity index (χ4v) is 3.47. The van der Waals surface area contributed by atoms with E-state index in [4.69, 9.17) is 4.74 Å². The first-order valence-corrected chi connectivity index (χ1v) is 8.41. The maximum atomic E-state index is 5.57. The fourth-order valence-electron chi connectivity index (χ4n) is 3.47. The molecule has 0 amide bonds. The van der Waals surface area contributed by atoms with Gasteiger partial charge in [-0.3, -0.25) is 4.90 Å². The summed E-state index contributed by atoms with van der Waals surface area (Å²) in [6, 6.07) is 6.64. The van der Waals surface area contributed by atoms with Crippen molar-refractivity contribution in [1.29, 1.82) is 0 Å². The molecule has 0 unspecified atom stereocenters. The Balaban J connectivity index is 1.47. The van der Waals surface area contributed by atoms with Gasteiger partial charge in [0.15, 0.2) is 0 Å². The number of hydrogen-bond acceptors (Lipinski definition) is 2. The van der Waals surface area contributed by atoms with Crippen LogP contribution in [0.3, 0.4) is 0 Å². The molecule has 1 heterocycles. The topological polar surface area (TPSA) is 12.5 Å². The van der Waals surface area contributed by atoms with Crippen molar-refractivity contribution in [2.24, 2.45) is 5.92 Å². The largest absolute Gasteiger partial charge is 0.493 e. The van der Waals surface area contributed by atoms with Gasteiger partial charge >= 0.3 is 0 Å². The Labute approximate surface area is 128 Å². The SMILES string of the molecule is CN(CC=CC1CCCCC1)Cc1ccc2c(c1)CCO2. The molecular weight excluding hydrogens is 258 g/mol. The van der Waals surface area contributed by atoms with Gasteiger partial charge < -0.3 is 4.74 Å². The van der Waals surface area contributed by atoms with Gasteiger partial charge in [-0.25, -0.2) is 0 Å². The molecule has 1 aliphatic heterocycles. The molecule has 0 N–H and O–H groups in total. The lowest BCUT2D eigenvalue weighted by Gasteiger charge is -2.19. The van der Waals surface area contributed by atoms with E-state index in [1.807, 2.05) is 0 Å². The average Bonchev–Trinajstić information content (AvgIpc) is 2.96. The van der Waals surface area contributed by atoms with Crippen LogP contribution < -0.4 is 4.74 Å². The Morgan fingerprint density at radius 2 is 2.10 bits per heavy atom. The second-order valence-electron chi connectivity index (χ2n) is 6.56. The van der Waals surface area contributed by atoms with Crippen molar-refractivity contribution in [1.82, 2.24) is 4.90 Å². The predicted molar refractivity (Wildman–Crippen MR) is 87.7 cm³/mol. The van der Waals surface area contributed by atoms with Gasteiger partial charge in [-0.2, -0.15) is 0 Å². The summed E-state index contributed by atoms with van der Waals surface area (Å²) < 4.78 is 5.57. The first kappa shape index (κ1) is 14.6. The van der Waals surface area contributed by atoms with Crippen LogP contribution >= 0.6 is 0 Å². The van der Waals surface area contributed by atoms with Crippen LogP contribution in [0.2, 0.25) is 0 Å². The maximum Gasteiger partial charge on any atom is 0.122 e. The van der Waals surface area contributed by atoms with E-state index in [0.29, 0.717) is 0 Å². The van der Waals surface area contributed by atoms with Gasteiger partial charge in [-0.15, -0.1) is 0 Å². The third-order valence-corrected chi connectivity index (χ3v) is 4.68. The number of hydrogen-bond donors (Lipinski definition) is 0. The van der Waals surface area contributed by atoms with E-state index in [1.54, 1.807) is 0 Å². The zero-order valence-corrected chi connectivity index (χ0v) is 13.2. The molecule has 1 aliphatic carbocycles. The molecule has 0 atom stereocenters. The molecule has 1 fully saturated rings. The summed E-state index contributed by atoms with van der Waals surface area (Å²) in [7, 11) is 2.20. The van der Waals surface area contributed by atoms with Crippen molar-refractivity contribution in [2.75, 3.05) is 20.2 Å². The molecule has 114 valence electrons. The van der Waals surface area contributed by atoms with E-state index in [9.17, 15) is 0 Å². The van der Waals surface area contributed by atoms with Crippen molar-refractivity contribution in [3.8, 4) is 5.75 Å². The molecule has 21 heavy (non-hydrogen) atoms. The van der Waals surface area contributed by atoms with Crippen LogP contribution in [0, 0.1) is 5.92 Å². The molecule has 0 saturated heterocycles. The molecule has 0 aromatic heterocycles. The van der Waals surface area contributed by atoms with E-state index < -0.39 is 0 Å². The van der Waals surface area contributed by atoms with Gasteiger partial charge in [0, 0.05) is 19.5 Å². The molecule has 0 bridgehead atoms. The quantitative estimate of drug-likeness (QED) is 0.752. The second kappa shape index (κ2) is 7.13. The summed E-state index contributed by atoms with van der Waals surface area (Å²) in [5, 5.41) is 0. The standard InChI is InChI=1S/C19H27NO/c1-20(12-5-8-16-6-3-2-4-7-16)15-17-9-10-19-18(14-17)11-13-21-19/h5,8-10,14,16H,2-4,6-7,11-13,15H2,1H3. The van der Waals surface area contributed by atoms with Crippen LogP contribution in [0.15, 0.2) is 30.4 Å². The Kier molecular flexibility index (Phi) is 4.97. The smallest absolute Gasteiger partial charge is 0.122 e. The first-order valence-electron chi connectivity index (χ1n) is 8.41. The Bertz CT molecular complexity index is 488. The van der Waals surface area contributed by atoms with Gasteiger partial charge in [0.2, 0.25) is 0 Å². The summed E-state index contributed by atoms with van der Waals surface area (Å²) in [6.45, 7) is 2.91. The van der Waals surface area contributed by atoms with Crippen LogP contribution in [0.1, 0.15) is 43.2 Å². The normalized spacial score (nSPS) is 19.1. The zero-order valence-electron chi connectivity index (χ0n) is 13.2. The van der Waals surface area contributed by atoms with Crippen molar-refractivity contribution >= 4 is 0 Å². The molecule has 1 aromatic carbocycles. The van der Waals surface area contributed by atoms with Crippen molar-refractivity contribution < 1.29 is 4.74 Å². The number of benzene rings is 1. The van der Waals surface area contributed by atoms with Gasteiger partial charge in [0.05, 0.1) is 6.61 Å². The van der Waals surface area contributed by atoms with Gasteiger partial charge in [0.25, 0.3) is 0 Å². The van der Waals surface area contributed by atoms with Crippen molar-refractivity contribution in [3.05, 3.63) is 41.5 Å². The Morgan fingerprint density at radius 1 is 1.24 bits per heavy atom. The van der Waals surface area contributed by atoms with Crippen molar-refractivity contribution in [2.45, 2.75) is 45.1 Å². The summed E-state index contributed by atoms with van der Waals surface area (Å²) in [5.74, 6) is 1.92. The van der Waals surface area contributed by atoms with Gasteiger partial charge in [0.1, 0.15) is 5.75 Å². The maximum absolute atomic E-state index is 5.57. The minimum Gasteiger partial charge on any atom is -0.493 e. The van der Waals surface area contributed by atoms with E-state index >= 15 is 0 Å². The second-order valence-corrected chi connectivity index (χ2v) is 6.56. The number of rotatable bonds is 5. The third kappa shape index (κ3) is 4.10. The predicted octanol–water partition coefficient (Wildman–Crippen LogP) is 4.19. The van der Waals surface area contributed by atoms with Gasteiger partial charge in [-0.1, -0.05) is 43.5 Å². The summed E-state index contributed by atoms with van der Waals surface area (Å²) in [4.78, 5) is 2.39. The average molecular weight is 285 g/mol. The Hall–Kier alpha value is -1.28.